The van der Waals surface area contributed by atoms with Gasteiger partial charge in [0.05, 0.1) is 0 Å². The van der Waals surface area contributed by atoms with Gasteiger partial charge in [-0.3, -0.25) is 0 Å². The Hall–Kier alpha value is -7.11. The monoisotopic (exact) mass is 981 g/mol. The molecule has 0 aliphatic heterocycles. The Morgan fingerprint density at radius 3 is 1.03 bits per heavy atom. The molecule has 1 saturated carbocycles. The summed E-state index contributed by atoms with van der Waals surface area (Å²) < 4.78 is 296. The van der Waals surface area contributed by atoms with Crippen LogP contribution in [0.15, 0.2) is 53.9 Å². The number of hydrogen-bond donors (Lipinski definition) is 0. The highest BCUT2D eigenvalue weighted by molar-refractivity contribution is 7.20. The van der Waals surface area contributed by atoms with Gasteiger partial charge in [-0.05, 0) is 30.2 Å². The highest BCUT2D eigenvalue weighted by Gasteiger charge is 2.52. The van der Waals surface area contributed by atoms with Crippen LogP contribution in [0.5, 0.6) is 0 Å². The molecule has 0 bridgehead atoms. The molecule has 1 aliphatic rings. The Balaban J connectivity index is 0.000000276. The van der Waals surface area contributed by atoms with Crippen LogP contribution < -0.4 is 26.4 Å². The maximum atomic E-state index is 15.4. The van der Waals surface area contributed by atoms with E-state index in [1.54, 1.807) is 0 Å². The minimum absolute atomic E-state index is 0.303. The van der Waals surface area contributed by atoms with Crippen molar-refractivity contribution >= 4 is 38.8 Å². The number of rotatable bonds is 7. The molecule has 68 heavy (non-hydrogen) atoms. The summed E-state index contributed by atoms with van der Waals surface area (Å²) in [7, 11) is 0. The molecular formula is C44H20BF20N3. The smallest absolute Gasteiger partial charge is 0.200 e. The summed E-state index contributed by atoms with van der Waals surface area (Å²) in [5.74, 6) is -71.0. The van der Waals surface area contributed by atoms with Crippen LogP contribution in [0.25, 0.3) is 10.8 Å². The van der Waals surface area contributed by atoms with Gasteiger partial charge >= 0.3 is 0 Å². The summed E-state index contributed by atoms with van der Waals surface area (Å²) in [4.78, 5) is 0. The van der Waals surface area contributed by atoms with Crippen molar-refractivity contribution in [2.24, 2.45) is 5.92 Å². The molecule has 5 aromatic carbocycles. The second kappa shape index (κ2) is 19.2. The molecule has 1 aromatic heterocycles. The van der Waals surface area contributed by atoms with Crippen LogP contribution in [0.1, 0.15) is 32.1 Å². The van der Waals surface area contributed by atoms with Crippen molar-refractivity contribution in [2.45, 2.75) is 38.6 Å². The van der Waals surface area contributed by atoms with Crippen LogP contribution in [0.2, 0.25) is 0 Å². The predicted molar refractivity (Wildman–Crippen MR) is 198 cm³/mol. The molecule has 354 valence electrons. The van der Waals surface area contributed by atoms with E-state index >= 15 is 35.1 Å². The zero-order valence-electron chi connectivity index (χ0n) is 33.3. The van der Waals surface area contributed by atoms with Gasteiger partial charge in [0.1, 0.15) is 70.4 Å². The van der Waals surface area contributed by atoms with Gasteiger partial charge in [0.25, 0.3) is 0 Å². The van der Waals surface area contributed by atoms with Gasteiger partial charge in [0.2, 0.25) is 0 Å². The zero-order chi connectivity index (χ0) is 50.4. The van der Waals surface area contributed by atoms with Gasteiger partial charge in [-0.2, -0.15) is 10.5 Å². The normalized spacial score (nSPS) is 13.0. The predicted octanol–water partition coefficient (Wildman–Crippen LogP) is 9.90. The molecule has 0 unspecified atom stereocenters. The zero-order valence-corrected chi connectivity index (χ0v) is 33.3. The standard InChI is InChI=1S/C24BF20.C20H20N3/c26-5-1(6(27)14(35)21(42)13(5)34)25(2-7(28)15(36)22(43)16(37)8(2)29,3-9(30)17(38)23(44)18(39)10(3)31)4-11(32)19(40)24(45)20(41)12(4)33;21-12-19(13-22)20(17-7-2-1-3-8-17)15-23-11-10-16-6-4-5-9-18(16)14-23/h;4-6,9-11,14,17H,1-3,7-8,15H2/q-1;+1. The third-order valence-electron chi connectivity index (χ3n) is 11.4. The molecule has 6 aromatic rings. The van der Waals surface area contributed by atoms with E-state index in [4.69, 9.17) is 0 Å². The van der Waals surface area contributed by atoms with Gasteiger partial charge in [0, 0.05) is 17.0 Å². The fraction of sp³-hybridized carbons (Fsp3) is 0.159. The lowest BCUT2D eigenvalue weighted by molar-refractivity contribution is -0.688. The van der Waals surface area contributed by atoms with E-state index in [0.29, 0.717) is 18.0 Å². The summed E-state index contributed by atoms with van der Waals surface area (Å²) in [5.41, 5.74) is -13.0. The van der Waals surface area contributed by atoms with Gasteiger partial charge in [-0.15, -0.1) is 21.9 Å². The Bertz CT molecular complexity index is 2780. The van der Waals surface area contributed by atoms with Gasteiger partial charge < -0.3 is 0 Å². The summed E-state index contributed by atoms with van der Waals surface area (Å²) in [6.07, 6.45) is 2.77. The SMILES string of the molecule is Fc1c(F)c(F)c([B-](c2c(F)c(F)c(F)c(F)c2F)(c2c(F)c(F)c(F)c(F)c2F)c2c(F)c(F)c(F)c(F)c2F)c(F)c1F.N#CC(C#N)=C(C[n+]1ccc2ccccc2c1)C1CCCCC1. The average molecular weight is 981 g/mol. The number of nitriles is 2. The minimum Gasteiger partial charge on any atom is -0.207 e. The van der Waals surface area contributed by atoms with Crippen molar-refractivity contribution in [3.63, 3.8) is 0 Å². The minimum atomic E-state index is -7.22. The summed E-state index contributed by atoms with van der Waals surface area (Å²) >= 11 is 0. The Kier molecular flexibility index (Phi) is 14.2. The maximum absolute atomic E-state index is 15.4. The van der Waals surface area contributed by atoms with E-state index in [9.17, 15) is 63.2 Å². The number of pyridine rings is 1. The maximum Gasteiger partial charge on any atom is 0.200 e. The molecule has 0 radical (unpaired) electrons. The van der Waals surface area contributed by atoms with Gasteiger partial charge in [-0.1, -0.05) is 37.5 Å². The van der Waals surface area contributed by atoms with E-state index < -0.39 is 144 Å². The van der Waals surface area contributed by atoms with Gasteiger partial charge in [-0.25, -0.2) is 92.4 Å². The molecule has 0 saturated heterocycles. The third kappa shape index (κ3) is 8.02. The lowest BCUT2D eigenvalue weighted by Crippen LogP contribution is -2.81. The van der Waals surface area contributed by atoms with Crippen LogP contribution in [-0.4, -0.2) is 6.15 Å². The number of hydrogen-bond acceptors (Lipinski definition) is 2. The molecule has 7 rings (SSSR count). The molecular weight excluding hydrogens is 961 g/mol. The second-order valence-electron chi connectivity index (χ2n) is 15.0. The fourth-order valence-electron chi connectivity index (χ4n) is 8.38. The van der Waals surface area contributed by atoms with Crippen molar-refractivity contribution in [1.29, 1.82) is 10.5 Å². The Labute approximate surface area is 368 Å². The topological polar surface area (TPSA) is 51.5 Å². The average Bonchev–Trinajstić information content (AvgIpc) is 3.34. The summed E-state index contributed by atoms with van der Waals surface area (Å²) in [6, 6.07) is 14.6. The molecule has 0 atom stereocenters. The number of benzene rings is 5. The molecule has 3 nitrogen and oxygen atoms in total. The van der Waals surface area contributed by atoms with Crippen LogP contribution in [-0.2, 0) is 6.54 Å². The number of halogens is 20. The first-order valence-electron chi connectivity index (χ1n) is 19.2. The molecule has 0 spiro atoms. The van der Waals surface area contributed by atoms with Crippen LogP contribution in [0, 0.1) is 145 Å². The van der Waals surface area contributed by atoms with Crippen molar-refractivity contribution in [3.05, 3.63) is 170 Å². The third-order valence-corrected chi connectivity index (χ3v) is 11.4. The molecule has 0 N–H and O–H groups in total. The highest BCUT2D eigenvalue weighted by atomic mass is 19.2. The molecule has 0 amide bonds. The van der Waals surface area contributed by atoms with Gasteiger partial charge in [0.15, 0.2) is 88.7 Å². The first-order valence-corrected chi connectivity index (χ1v) is 19.2. The number of fused-ring (bicyclic) bond motifs is 1. The number of nitrogens with zero attached hydrogens (tertiary/aromatic N) is 3. The molecule has 24 heteroatoms. The lowest BCUT2D eigenvalue weighted by atomic mass is 9.12. The molecule has 1 heterocycles. The van der Waals surface area contributed by atoms with E-state index in [1.807, 2.05) is 18.3 Å². The van der Waals surface area contributed by atoms with Crippen molar-refractivity contribution in [2.75, 3.05) is 0 Å². The molecule has 1 aliphatic carbocycles. The van der Waals surface area contributed by atoms with Crippen molar-refractivity contribution < 1.29 is 92.4 Å². The first kappa shape index (κ1) is 50.3. The van der Waals surface area contributed by atoms with Crippen molar-refractivity contribution in [3.8, 4) is 12.1 Å². The second-order valence-corrected chi connectivity index (χ2v) is 15.0. The summed E-state index contributed by atoms with van der Waals surface area (Å²) in [6.45, 7) is 0.631. The number of allylic oxidation sites excluding steroid dienone is 2. The fourth-order valence-corrected chi connectivity index (χ4v) is 8.38. The first-order chi connectivity index (χ1) is 32.0. The van der Waals surface area contributed by atoms with Crippen LogP contribution >= 0.6 is 0 Å². The van der Waals surface area contributed by atoms with Crippen LogP contribution in [0.4, 0.5) is 87.8 Å². The lowest BCUT2D eigenvalue weighted by Gasteiger charge is -2.44. The summed E-state index contributed by atoms with van der Waals surface area (Å²) in [5, 5.41) is 21.1. The van der Waals surface area contributed by atoms with E-state index in [0.717, 1.165) is 18.4 Å². The van der Waals surface area contributed by atoms with Crippen molar-refractivity contribution in [1.82, 2.24) is 0 Å². The largest absolute Gasteiger partial charge is 0.207 e. The Morgan fingerprint density at radius 2 is 0.721 bits per heavy atom. The van der Waals surface area contributed by atoms with E-state index in [2.05, 4.69) is 41.1 Å². The van der Waals surface area contributed by atoms with E-state index in [1.165, 1.54) is 30.0 Å². The number of aromatic nitrogens is 1. The van der Waals surface area contributed by atoms with E-state index in [-0.39, 0.29) is 0 Å². The Morgan fingerprint density at radius 1 is 0.426 bits per heavy atom. The quantitative estimate of drug-likeness (QED) is 0.0400. The molecule has 1 fully saturated rings. The van der Waals surface area contributed by atoms with Crippen LogP contribution in [0.3, 0.4) is 0 Å². The highest BCUT2D eigenvalue weighted by Crippen LogP contribution is 2.33.